The van der Waals surface area contributed by atoms with E-state index in [1.807, 2.05) is 0 Å². The van der Waals surface area contributed by atoms with Crippen LogP contribution < -0.4 is 5.73 Å². The zero-order valence-corrected chi connectivity index (χ0v) is 8.27. The summed E-state index contributed by atoms with van der Waals surface area (Å²) in [6.45, 7) is 3.40. The van der Waals surface area contributed by atoms with Crippen molar-refractivity contribution in [2.45, 2.75) is 25.3 Å². The Morgan fingerprint density at radius 3 is 2.36 bits per heavy atom. The van der Waals surface area contributed by atoms with Crippen LogP contribution in [0.1, 0.15) is 25.3 Å². The van der Waals surface area contributed by atoms with Crippen molar-refractivity contribution in [3.8, 4) is 0 Å². The highest BCUT2D eigenvalue weighted by Gasteiger charge is 2.33. The molecule has 76 valence electrons. The van der Waals surface area contributed by atoms with Gasteiger partial charge < -0.3 is 10.8 Å². The minimum atomic E-state index is -0.913. The Hall–Kier alpha value is -1.42. The number of rotatable bonds is 3. The van der Waals surface area contributed by atoms with Gasteiger partial charge in [0.25, 0.3) is 0 Å². The van der Waals surface area contributed by atoms with E-state index in [1.165, 1.54) is 0 Å². The molecule has 1 atom stereocenters. The lowest BCUT2D eigenvalue weighted by molar-refractivity contribution is -0.140. The van der Waals surface area contributed by atoms with Crippen molar-refractivity contribution in [1.29, 1.82) is 0 Å². The lowest BCUT2D eigenvalue weighted by atomic mass is 9.83. The van der Waals surface area contributed by atoms with Crippen LogP contribution in [-0.2, 0) is 4.79 Å². The van der Waals surface area contributed by atoms with Gasteiger partial charge in [-0.25, -0.2) is 0 Å². The quantitative estimate of drug-likeness (QED) is 0.752. The molecule has 1 rings (SSSR count). The highest BCUT2D eigenvalue weighted by Crippen LogP contribution is 2.25. The smallest absolute Gasteiger partial charge is 0.312 e. The molecule has 0 aliphatic rings. The lowest BCUT2D eigenvalue weighted by Crippen LogP contribution is -2.43. The van der Waals surface area contributed by atoms with Crippen LogP contribution in [0.5, 0.6) is 0 Å². The molecule has 4 heteroatoms. The van der Waals surface area contributed by atoms with Crippen LogP contribution in [0.4, 0.5) is 0 Å². The molecule has 0 aliphatic heterocycles. The van der Waals surface area contributed by atoms with E-state index in [1.54, 1.807) is 38.4 Å². The van der Waals surface area contributed by atoms with Crippen LogP contribution in [0.3, 0.4) is 0 Å². The molecule has 1 aromatic heterocycles. The minimum Gasteiger partial charge on any atom is -0.481 e. The molecular formula is C10H14N2O2. The molecule has 0 saturated carbocycles. The van der Waals surface area contributed by atoms with Crippen LogP contribution in [0.15, 0.2) is 24.5 Å². The molecule has 0 spiro atoms. The molecule has 1 unspecified atom stereocenters. The number of aliphatic carboxylic acids is 1. The van der Waals surface area contributed by atoms with Gasteiger partial charge in [0.1, 0.15) is 0 Å². The minimum absolute atomic E-state index is 0.681. The summed E-state index contributed by atoms with van der Waals surface area (Å²) in [7, 11) is 0. The fourth-order valence-corrected chi connectivity index (χ4v) is 1.45. The van der Waals surface area contributed by atoms with Crippen LogP contribution >= 0.6 is 0 Å². The molecule has 4 nitrogen and oxygen atoms in total. The first kappa shape index (κ1) is 10.7. The fourth-order valence-electron chi connectivity index (χ4n) is 1.45. The number of carboxylic acid groups (broad SMARTS) is 1. The molecular weight excluding hydrogens is 180 g/mol. The van der Waals surface area contributed by atoms with Gasteiger partial charge in [-0.15, -0.1) is 0 Å². The van der Waals surface area contributed by atoms with Crippen molar-refractivity contribution in [3.05, 3.63) is 30.1 Å². The Morgan fingerprint density at radius 2 is 2.00 bits per heavy atom. The summed E-state index contributed by atoms with van der Waals surface area (Å²) in [5.41, 5.74) is 5.71. The highest BCUT2D eigenvalue weighted by atomic mass is 16.4. The number of pyridine rings is 1. The predicted molar refractivity (Wildman–Crippen MR) is 52.9 cm³/mol. The summed E-state index contributed by atoms with van der Waals surface area (Å²) in [4.78, 5) is 14.9. The Labute approximate surface area is 82.8 Å². The topological polar surface area (TPSA) is 76.2 Å². The fraction of sp³-hybridized carbons (Fsp3) is 0.400. The first-order valence-electron chi connectivity index (χ1n) is 4.34. The number of hydrogen-bond acceptors (Lipinski definition) is 3. The predicted octanol–water partition coefficient (Wildman–Crippen LogP) is 0.987. The summed E-state index contributed by atoms with van der Waals surface area (Å²) in [6, 6.07) is 3.35. The van der Waals surface area contributed by atoms with E-state index >= 15 is 0 Å². The van der Waals surface area contributed by atoms with Gasteiger partial charge in [-0.1, -0.05) is 0 Å². The maximum absolute atomic E-state index is 11.0. The first-order chi connectivity index (χ1) is 6.43. The molecule has 0 amide bonds. The van der Waals surface area contributed by atoms with Gasteiger partial charge in [0.15, 0.2) is 0 Å². The number of nitrogens with zero attached hydrogens (tertiary/aromatic N) is 1. The molecule has 1 heterocycles. The van der Waals surface area contributed by atoms with Crippen molar-refractivity contribution in [2.24, 2.45) is 5.73 Å². The number of carboxylic acids is 1. The standard InChI is InChI=1S/C10H14N2O2/c1-10(2,11)8(9(13)14)7-3-5-12-6-4-7/h3-6,8H,11H2,1-2H3,(H,13,14). The third-order valence-corrected chi connectivity index (χ3v) is 2.03. The second-order valence-electron chi connectivity index (χ2n) is 3.87. The van der Waals surface area contributed by atoms with Crippen LogP contribution in [0.2, 0.25) is 0 Å². The highest BCUT2D eigenvalue weighted by molar-refractivity contribution is 5.77. The maximum Gasteiger partial charge on any atom is 0.312 e. The van der Waals surface area contributed by atoms with E-state index in [0.717, 1.165) is 0 Å². The van der Waals surface area contributed by atoms with Crippen molar-refractivity contribution in [3.63, 3.8) is 0 Å². The van der Waals surface area contributed by atoms with Gasteiger partial charge in [-0.3, -0.25) is 9.78 Å². The lowest BCUT2D eigenvalue weighted by Gasteiger charge is -2.27. The van der Waals surface area contributed by atoms with Crippen molar-refractivity contribution < 1.29 is 9.90 Å². The van der Waals surface area contributed by atoms with Gasteiger partial charge in [-0.2, -0.15) is 0 Å². The largest absolute Gasteiger partial charge is 0.481 e. The molecule has 0 radical (unpaired) electrons. The van der Waals surface area contributed by atoms with E-state index in [2.05, 4.69) is 4.98 Å². The summed E-state index contributed by atoms with van der Waals surface area (Å²) in [6.07, 6.45) is 3.13. The average molecular weight is 194 g/mol. The SMILES string of the molecule is CC(C)(N)C(C(=O)O)c1ccncc1. The van der Waals surface area contributed by atoms with Gasteiger partial charge in [0.2, 0.25) is 0 Å². The van der Waals surface area contributed by atoms with E-state index in [9.17, 15) is 4.79 Å². The van der Waals surface area contributed by atoms with E-state index in [4.69, 9.17) is 10.8 Å². The summed E-state index contributed by atoms with van der Waals surface area (Å²) >= 11 is 0. The molecule has 0 fully saturated rings. The monoisotopic (exact) mass is 194 g/mol. The Morgan fingerprint density at radius 1 is 1.50 bits per heavy atom. The second kappa shape index (κ2) is 3.75. The summed E-state index contributed by atoms with van der Waals surface area (Å²) in [5.74, 6) is -1.62. The molecule has 0 saturated heterocycles. The summed E-state index contributed by atoms with van der Waals surface area (Å²) in [5, 5.41) is 9.06. The van der Waals surface area contributed by atoms with E-state index in [0.29, 0.717) is 5.56 Å². The normalized spacial score (nSPS) is 13.6. The maximum atomic E-state index is 11.0. The number of carbonyl (C=O) groups is 1. The number of hydrogen-bond donors (Lipinski definition) is 2. The van der Waals surface area contributed by atoms with E-state index < -0.39 is 17.4 Å². The van der Waals surface area contributed by atoms with Gasteiger partial charge in [0.05, 0.1) is 5.92 Å². The van der Waals surface area contributed by atoms with Crippen LogP contribution in [-0.4, -0.2) is 21.6 Å². The molecule has 0 bridgehead atoms. The first-order valence-corrected chi connectivity index (χ1v) is 4.34. The molecule has 14 heavy (non-hydrogen) atoms. The Bertz CT molecular complexity index is 317. The molecule has 0 aliphatic carbocycles. The number of aromatic nitrogens is 1. The molecule has 1 aromatic rings. The third kappa shape index (κ3) is 2.29. The second-order valence-corrected chi connectivity index (χ2v) is 3.87. The zero-order valence-electron chi connectivity index (χ0n) is 8.27. The van der Waals surface area contributed by atoms with Crippen molar-refractivity contribution >= 4 is 5.97 Å². The molecule has 0 aromatic carbocycles. The van der Waals surface area contributed by atoms with Crippen molar-refractivity contribution in [1.82, 2.24) is 4.98 Å². The van der Waals surface area contributed by atoms with E-state index in [-0.39, 0.29) is 0 Å². The summed E-state index contributed by atoms with van der Waals surface area (Å²) < 4.78 is 0. The van der Waals surface area contributed by atoms with Gasteiger partial charge in [-0.05, 0) is 31.5 Å². The van der Waals surface area contributed by atoms with Crippen molar-refractivity contribution in [2.75, 3.05) is 0 Å². The Balaban J connectivity index is 3.08. The third-order valence-electron chi connectivity index (χ3n) is 2.03. The Kier molecular flexibility index (Phi) is 2.86. The van der Waals surface area contributed by atoms with Crippen LogP contribution in [0.25, 0.3) is 0 Å². The van der Waals surface area contributed by atoms with Crippen LogP contribution in [0, 0.1) is 0 Å². The van der Waals surface area contributed by atoms with Gasteiger partial charge in [0, 0.05) is 17.9 Å². The molecule has 3 N–H and O–H groups in total. The number of nitrogens with two attached hydrogens (primary N) is 1. The van der Waals surface area contributed by atoms with Gasteiger partial charge >= 0.3 is 5.97 Å². The zero-order chi connectivity index (χ0) is 10.8. The average Bonchev–Trinajstić information content (AvgIpc) is 2.02.